The number of rotatable bonds is 2. The van der Waals surface area contributed by atoms with E-state index in [9.17, 15) is 4.39 Å². The molecule has 0 bridgehead atoms. The van der Waals surface area contributed by atoms with Gasteiger partial charge in [-0.3, -0.25) is 4.98 Å². The molecule has 16 heavy (non-hydrogen) atoms. The molecule has 1 nitrogen and oxygen atoms in total. The summed E-state index contributed by atoms with van der Waals surface area (Å²) in [6.07, 6.45) is 1.77. The Morgan fingerprint density at radius 2 is 2.00 bits per heavy atom. The predicted molar refractivity (Wildman–Crippen MR) is 65.7 cm³/mol. The zero-order valence-corrected chi connectivity index (χ0v) is 10.2. The summed E-state index contributed by atoms with van der Waals surface area (Å²) in [5.74, 6) is -0.389. The zero-order chi connectivity index (χ0) is 11.7. The Morgan fingerprint density at radius 3 is 2.69 bits per heavy atom. The maximum Gasteiger partial charge on any atom is 0.134 e. The Hall–Kier alpha value is -0.860. The van der Waals surface area contributed by atoms with E-state index in [1.807, 2.05) is 6.92 Å². The van der Waals surface area contributed by atoms with Gasteiger partial charge in [-0.15, -0.1) is 0 Å². The van der Waals surface area contributed by atoms with Gasteiger partial charge >= 0.3 is 0 Å². The highest BCUT2D eigenvalue weighted by Gasteiger charge is 2.11. The fourth-order valence-electron chi connectivity index (χ4n) is 1.66. The monoisotopic (exact) mass is 257 g/mol. The van der Waals surface area contributed by atoms with Crippen LogP contribution in [0, 0.1) is 5.82 Å². The van der Waals surface area contributed by atoms with Crippen molar-refractivity contribution in [2.45, 2.75) is 19.8 Å². The molecular weight excluding hydrogens is 248 g/mol. The molecule has 1 aromatic heterocycles. The topological polar surface area (TPSA) is 12.9 Å². The number of hydrogen-bond acceptors (Lipinski definition) is 1. The zero-order valence-electron chi connectivity index (χ0n) is 8.73. The number of pyridine rings is 1. The van der Waals surface area contributed by atoms with Crippen LogP contribution in [0.25, 0.3) is 10.9 Å². The molecule has 0 aliphatic heterocycles. The van der Waals surface area contributed by atoms with E-state index in [1.165, 1.54) is 12.1 Å². The van der Waals surface area contributed by atoms with Crippen LogP contribution in [-0.4, -0.2) is 4.98 Å². The first-order chi connectivity index (χ1) is 7.63. The quantitative estimate of drug-likeness (QED) is 0.765. The molecule has 0 unspecified atom stereocenters. The number of hydrogen-bond donors (Lipinski definition) is 0. The largest absolute Gasteiger partial charge is 0.251 e. The van der Waals surface area contributed by atoms with Crippen LogP contribution in [0.5, 0.6) is 0 Å². The molecule has 1 aromatic carbocycles. The van der Waals surface area contributed by atoms with Crippen molar-refractivity contribution < 1.29 is 4.39 Å². The van der Waals surface area contributed by atoms with E-state index in [-0.39, 0.29) is 5.82 Å². The molecule has 0 N–H and O–H groups in total. The van der Waals surface area contributed by atoms with E-state index in [4.69, 9.17) is 23.2 Å². The minimum Gasteiger partial charge on any atom is -0.251 e. The maximum atomic E-state index is 13.6. The van der Waals surface area contributed by atoms with E-state index in [0.717, 1.165) is 18.5 Å². The molecule has 1 heterocycles. The van der Waals surface area contributed by atoms with Crippen LogP contribution in [-0.2, 0) is 6.42 Å². The lowest BCUT2D eigenvalue weighted by Gasteiger charge is -2.06. The first-order valence-corrected chi connectivity index (χ1v) is 5.82. The van der Waals surface area contributed by atoms with Crippen molar-refractivity contribution in [3.05, 3.63) is 39.8 Å². The van der Waals surface area contributed by atoms with Gasteiger partial charge in [0.05, 0.1) is 20.9 Å². The van der Waals surface area contributed by atoms with Crippen LogP contribution < -0.4 is 0 Å². The number of nitrogens with zero attached hydrogens (tertiary/aromatic N) is 1. The molecule has 84 valence electrons. The van der Waals surface area contributed by atoms with Gasteiger partial charge in [0.25, 0.3) is 0 Å². The summed E-state index contributed by atoms with van der Waals surface area (Å²) in [5, 5.41) is 1.10. The summed E-state index contributed by atoms with van der Waals surface area (Å²) in [6.45, 7) is 2.05. The van der Waals surface area contributed by atoms with E-state index in [1.54, 1.807) is 6.07 Å². The van der Waals surface area contributed by atoms with E-state index in [2.05, 4.69) is 4.98 Å². The van der Waals surface area contributed by atoms with Crippen molar-refractivity contribution in [1.82, 2.24) is 4.98 Å². The SMILES string of the molecule is CCCc1cc(Cl)c2c(F)ccc(Cl)c2n1. The number of aromatic nitrogens is 1. The van der Waals surface area contributed by atoms with Crippen LogP contribution in [0.15, 0.2) is 18.2 Å². The number of benzene rings is 1. The van der Waals surface area contributed by atoms with Crippen molar-refractivity contribution in [2.75, 3.05) is 0 Å². The third-order valence-corrected chi connectivity index (χ3v) is 2.97. The number of aryl methyl sites for hydroxylation is 1. The number of halogens is 3. The van der Waals surface area contributed by atoms with Gasteiger partial charge in [0.2, 0.25) is 0 Å². The second-order valence-corrected chi connectivity index (χ2v) is 4.41. The van der Waals surface area contributed by atoms with Gasteiger partial charge < -0.3 is 0 Å². The predicted octanol–water partition coefficient (Wildman–Crippen LogP) is 4.63. The van der Waals surface area contributed by atoms with E-state index < -0.39 is 0 Å². The molecule has 0 aliphatic carbocycles. The van der Waals surface area contributed by atoms with Crippen molar-refractivity contribution in [2.24, 2.45) is 0 Å². The normalized spacial score (nSPS) is 11.0. The molecule has 0 radical (unpaired) electrons. The minimum absolute atomic E-state index is 0.300. The average Bonchev–Trinajstić information content (AvgIpc) is 2.23. The maximum absolute atomic E-state index is 13.6. The van der Waals surface area contributed by atoms with Gasteiger partial charge in [0.15, 0.2) is 0 Å². The van der Waals surface area contributed by atoms with Crippen molar-refractivity contribution in [3.63, 3.8) is 0 Å². The summed E-state index contributed by atoms with van der Waals surface area (Å²) >= 11 is 12.0. The highest BCUT2D eigenvalue weighted by molar-refractivity contribution is 6.39. The second kappa shape index (κ2) is 4.56. The molecular formula is C12H10Cl2FN. The molecule has 0 saturated heterocycles. The Balaban J connectivity index is 2.76. The van der Waals surface area contributed by atoms with Gasteiger partial charge in [-0.2, -0.15) is 0 Å². The molecule has 2 rings (SSSR count). The molecule has 4 heteroatoms. The third-order valence-electron chi connectivity index (χ3n) is 2.37. The van der Waals surface area contributed by atoms with Crippen LogP contribution >= 0.6 is 23.2 Å². The lowest BCUT2D eigenvalue weighted by molar-refractivity contribution is 0.639. The lowest BCUT2D eigenvalue weighted by Crippen LogP contribution is -1.93. The summed E-state index contributed by atoms with van der Waals surface area (Å²) in [4.78, 5) is 4.33. The highest BCUT2D eigenvalue weighted by atomic mass is 35.5. The minimum atomic E-state index is -0.389. The fraction of sp³-hybridized carbons (Fsp3) is 0.250. The lowest BCUT2D eigenvalue weighted by atomic mass is 10.1. The highest BCUT2D eigenvalue weighted by Crippen LogP contribution is 2.30. The van der Waals surface area contributed by atoms with Crippen LogP contribution in [0.4, 0.5) is 4.39 Å². The van der Waals surface area contributed by atoms with Crippen molar-refractivity contribution >= 4 is 34.1 Å². The standard InChI is InChI=1S/C12H10Cl2FN/c1-2-3-7-6-9(14)11-10(15)5-4-8(13)12(11)16-7/h4-6H,2-3H2,1H3. The van der Waals surface area contributed by atoms with E-state index >= 15 is 0 Å². The first kappa shape index (κ1) is 11.6. The summed E-state index contributed by atoms with van der Waals surface area (Å²) in [7, 11) is 0. The van der Waals surface area contributed by atoms with E-state index in [0.29, 0.717) is 20.9 Å². The Labute approximate surface area is 103 Å². The van der Waals surface area contributed by atoms with Crippen LogP contribution in [0.3, 0.4) is 0 Å². The third kappa shape index (κ3) is 2.00. The summed E-state index contributed by atoms with van der Waals surface area (Å²) in [6, 6.07) is 4.50. The smallest absolute Gasteiger partial charge is 0.134 e. The molecule has 0 aliphatic rings. The van der Waals surface area contributed by atoms with Crippen LogP contribution in [0.1, 0.15) is 19.0 Å². The molecule has 0 saturated carbocycles. The summed E-state index contributed by atoms with van der Waals surface area (Å²) in [5.41, 5.74) is 1.28. The van der Waals surface area contributed by atoms with Gasteiger partial charge in [-0.05, 0) is 24.6 Å². The second-order valence-electron chi connectivity index (χ2n) is 3.60. The molecule has 0 fully saturated rings. The fourth-order valence-corrected chi connectivity index (χ4v) is 2.16. The number of fused-ring (bicyclic) bond motifs is 1. The average molecular weight is 258 g/mol. The van der Waals surface area contributed by atoms with Crippen molar-refractivity contribution in [1.29, 1.82) is 0 Å². The first-order valence-electron chi connectivity index (χ1n) is 5.06. The summed E-state index contributed by atoms with van der Waals surface area (Å²) < 4.78 is 13.6. The van der Waals surface area contributed by atoms with Gasteiger partial charge in [0, 0.05) is 5.69 Å². The van der Waals surface area contributed by atoms with Gasteiger partial charge in [0.1, 0.15) is 5.82 Å². The van der Waals surface area contributed by atoms with Gasteiger partial charge in [-0.1, -0.05) is 36.5 Å². The van der Waals surface area contributed by atoms with Gasteiger partial charge in [-0.25, -0.2) is 4.39 Å². The Bertz CT molecular complexity index is 540. The molecule has 0 amide bonds. The molecule has 2 aromatic rings. The van der Waals surface area contributed by atoms with Crippen LogP contribution in [0.2, 0.25) is 10.0 Å². The Morgan fingerprint density at radius 1 is 1.25 bits per heavy atom. The van der Waals surface area contributed by atoms with Crippen molar-refractivity contribution in [3.8, 4) is 0 Å². The molecule has 0 spiro atoms. The molecule has 0 atom stereocenters. The Kier molecular flexibility index (Phi) is 3.31.